The monoisotopic (exact) mass is 280 g/mol. The lowest BCUT2D eigenvalue weighted by molar-refractivity contribution is 0.0685. The molecule has 1 aromatic carbocycles. The van der Waals surface area contributed by atoms with Gasteiger partial charge in [0.2, 0.25) is 0 Å². The highest BCUT2D eigenvalue weighted by molar-refractivity contribution is 5.56. The highest BCUT2D eigenvalue weighted by Crippen LogP contribution is 2.29. The molecule has 0 bridgehead atoms. The molecule has 0 saturated carbocycles. The lowest BCUT2D eigenvalue weighted by Gasteiger charge is -2.30. The first-order chi connectivity index (χ1) is 9.49. The standard InChI is InChI=1S/C16H25FN2O/c1-11-8-16(14(12(2)18)9-15(11)17)19(3)10-13-4-6-20-7-5-13/h8-9,12-13H,4-7,10,18H2,1-3H3/t12-/m1/s1. The van der Waals surface area contributed by atoms with Crippen LogP contribution in [0, 0.1) is 18.7 Å². The van der Waals surface area contributed by atoms with Crippen LogP contribution in [0.4, 0.5) is 10.1 Å². The Bertz CT molecular complexity index is 456. The van der Waals surface area contributed by atoms with Gasteiger partial charge in [-0.15, -0.1) is 0 Å². The quantitative estimate of drug-likeness (QED) is 0.921. The van der Waals surface area contributed by atoms with Crippen molar-refractivity contribution in [3.63, 3.8) is 0 Å². The number of anilines is 1. The zero-order chi connectivity index (χ0) is 14.7. The molecule has 0 unspecified atom stereocenters. The first-order valence-corrected chi connectivity index (χ1v) is 7.33. The summed E-state index contributed by atoms with van der Waals surface area (Å²) < 4.78 is 19.1. The maximum atomic E-state index is 13.8. The molecule has 0 amide bonds. The van der Waals surface area contributed by atoms with E-state index >= 15 is 0 Å². The molecule has 20 heavy (non-hydrogen) atoms. The van der Waals surface area contributed by atoms with E-state index in [-0.39, 0.29) is 11.9 Å². The summed E-state index contributed by atoms with van der Waals surface area (Å²) in [5.41, 5.74) is 8.58. The van der Waals surface area contributed by atoms with Crippen LogP contribution in [0.1, 0.15) is 36.9 Å². The van der Waals surface area contributed by atoms with Gasteiger partial charge in [-0.05, 0) is 55.9 Å². The molecule has 0 radical (unpaired) electrons. The molecule has 1 aliphatic heterocycles. The van der Waals surface area contributed by atoms with Crippen LogP contribution in [0.15, 0.2) is 12.1 Å². The predicted octanol–water partition coefficient (Wildman–Crippen LogP) is 3.02. The van der Waals surface area contributed by atoms with Crippen molar-refractivity contribution in [3.05, 3.63) is 29.1 Å². The molecule has 3 nitrogen and oxygen atoms in total. The number of halogens is 1. The van der Waals surface area contributed by atoms with E-state index < -0.39 is 0 Å². The third-order valence-electron chi connectivity index (χ3n) is 4.08. The van der Waals surface area contributed by atoms with Gasteiger partial charge in [0.05, 0.1) is 0 Å². The van der Waals surface area contributed by atoms with Crippen LogP contribution in [0.5, 0.6) is 0 Å². The van der Waals surface area contributed by atoms with Crippen LogP contribution in [0.3, 0.4) is 0 Å². The van der Waals surface area contributed by atoms with E-state index in [9.17, 15) is 4.39 Å². The number of ether oxygens (including phenoxy) is 1. The molecule has 4 heteroatoms. The van der Waals surface area contributed by atoms with E-state index in [2.05, 4.69) is 11.9 Å². The molecule has 1 heterocycles. The Morgan fingerprint density at radius 3 is 2.65 bits per heavy atom. The lowest BCUT2D eigenvalue weighted by Crippen LogP contribution is -2.30. The second kappa shape index (κ2) is 6.55. The Labute approximate surface area is 120 Å². The number of benzene rings is 1. The largest absolute Gasteiger partial charge is 0.381 e. The molecule has 1 atom stereocenters. The summed E-state index contributed by atoms with van der Waals surface area (Å²) in [6, 6.07) is 3.32. The van der Waals surface area contributed by atoms with Crippen LogP contribution < -0.4 is 10.6 Å². The minimum absolute atomic E-state index is 0.169. The molecule has 0 aliphatic carbocycles. The molecule has 0 aromatic heterocycles. The van der Waals surface area contributed by atoms with Crippen LogP contribution in [-0.2, 0) is 4.74 Å². The Kier molecular flexibility index (Phi) is 5.00. The van der Waals surface area contributed by atoms with Crippen molar-refractivity contribution in [2.75, 3.05) is 31.7 Å². The molecule has 1 fully saturated rings. The van der Waals surface area contributed by atoms with E-state index in [0.29, 0.717) is 11.5 Å². The number of hydrogen-bond donors (Lipinski definition) is 1. The van der Waals surface area contributed by atoms with Gasteiger partial charge in [0, 0.05) is 38.5 Å². The fourth-order valence-corrected chi connectivity index (χ4v) is 2.79. The Morgan fingerprint density at radius 2 is 2.05 bits per heavy atom. The summed E-state index contributed by atoms with van der Waals surface area (Å²) >= 11 is 0. The maximum absolute atomic E-state index is 13.8. The Morgan fingerprint density at radius 1 is 1.40 bits per heavy atom. The van der Waals surface area contributed by atoms with Gasteiger partial charge in [-0.25, -0.2) is 4.39 Å². The molecule has 1 saturated heterocycles. The van der Waals surface area contributed by atoms with Crippen molar-refractivity contribution in [1.82, 2.24) is 0 Å². The third-order valence-corrected chi connectivity index (χ3v) is 4.08. The average molecular weight is 280 g/mol. The molecule has 112 valence electrons. The highest BCUT2D eigenvalue weighted by Gasteiger charge is 2.19. The Balaban J connectivity index is 2.19. The molecule has 1 aliphatic rings. The van der Waals surface area contributed by atoms with Crippen LogP contribution in [0.25, 0.3) is 0 Å². The minimum Gasteiger partial charge on any atom is -0.381 e. The fraction of sp³-hybridized carbons (Fsp3) is 0.625. The summed E-state index contributed by atoms with van der Waals surface area (Å²) in [6.45, 7) is 6.36. The molecule has 1 aromatic rings. The van der Waals surface area contributed by atoms with Crippen molar-refractivity contribution < 1.29 is 9.13 Å². The van der Waals surface area contributed by atoms with Gasteiger partial charge in [0.1, 0.15) is 5.82 Å². The summed E-state index contributed by atoms with van der Waals surface area (Å²) in [4.78, 5) is 2.21. The molecule has 0 spiro atoms. The van der Waals surface area contributed by atoms with Gasteiger partial charge < -0.3 is 15.4 Å². The summed E-state index contributed by atoms with van der Waals surface area (Å²) in [5, 5.41) is 0. The number of nitrogens with zero attached hydrogens (tertiary/aromatic N) is 1. The van der Waals surface area contributed by atoms with Crippen LogP contribution >= 0.6 is 0 Å². The molecular formula is C16H25FN2O. The van der Waals surface area contributed by atoms with Crippen molar-refractivity contribution in [3.8, 4) is 0 Å². The SMILES string of the molecule is Cc1cc(N(C)CC2CCOCC2)c([C@@H](C)N)cc1F. The normalized spacial score (nSPS) is 18.1. The smallest absolute Gasteiger partial charge is 0.126 e. The molecular weight excluding hydrogens is 255 g/mol. The van der Waals surface area contributed by atoms with Gasteiger partial charge in [0.15, 0.2) is 0 Å². The zero-order valence-electron chi connectivity index (χ0n) is 12.7. The van der Waals surface area contributed by atoms with Gasteiger partial charge in [0.25, 0.3) is 0 Å². The van der Waals surface area contributed by atoms with Crippen molar-refractivity contribution in [2.24, 2.45) is 11.7 Å². The summed E-state index contributed by atoms with van der Waals surface area (Å²) in [5.74, 6) is 0.459. The molecule has 2 N–H and O–H groups in total. The maximum Gasteiger partial charge on any atom is 0.126 e. The lowest BCUT2D eigenvalue weighted by atomic mass is 9.98. The zero-order valence-corrected chi connectivity index (χ0v) is 12.7. The predicted molar refractivity (Wildman–Crippen MR) is 80.6 cm³/mol. The third kappa shape index (κ3) is 3.49. The van der Waals surface area contributed by atoms with E-state index in [4.69, 9.17) is 10.5 Å². The van der Waals surface area contributed by atoms with Gasteiger partial charge in [-0.1, -0.05) is 0 Å². The van der Waals surface area contributed by atoms with E-state index in [1.165, 1.54) is 0 Å². The van der Waals surface area contributed by atoms with E-state index in [0.717, 1.165) is 43.9 Å². The van der Waals surface area contributed by atoms with E-state index in [1.54, 1.807) is 13.0 Å². The van der Waals surface area contributed by atoms with Crippen molar-refractivity contribution in [2.45, 2.75) is 32.7 Å². The average Bonchev–Trinajstić information content (AvgIpc) is 2.42. The highest BCUT2D eigenvalue weighted by atomic mass is 19.1. The van der Waals surface area contributed by atoms with Crippen LogP contribution in [0.2, 0.25) is 0 Å². The van der Waals surface area contributed by atoms with Crippen molar-refractivity contribution >= 4 is 5.69 Å². The van der Waals surface area contributed by atoms with Gasteiger partial charge in [-0.3, -0.25) is 0 Å². The second-order valence-corrected chi connectivity index (χ2v) is 5.89. The fourth-order valence-electron chi connectivity index (χ4n) is 2.79. The summed E-state index contributed by atoms with van der Waals surface area (Å²) in [7, 11) is 2.06. The number of rotatable bonds is 4. The van der Waals surface area contributed by atoms with Gasteiger partial charge in [-0.2, -0.15) is 0 Å². The van der Waals surface area contributed by atoms with Crippen molar-refractivity contribution in [1.29, 1.82) is 0 Å². The topological polar surface area (TPSA) is 38.5 Å². The molecule has 2 rings (SSSR count). The first kappa shape index (κ1) is 15.3. The first-order valence-electron chi connectivity index (χ1n) is 7.33. The van der Waals surface area contributed by atoms with E-state index in [1.807, 2.05) is 13.0 Å². The second-order valence-electron chi connectivity index (χ2n) is 5.89. The number of nitrogens with two attached hydrogens (primary N) is 1. The summed E-state index contributed by atoms with van der Waals surface area (Å²) in [6.07, 6.45) is 2.19. The number of hydrogen-bond acceptors (Lipinski definition) is 3. The number of aryl methyl sites for hydroxylation is 1. The van der Waals surface area contributed by atoms with Crippen LogP contribution in [-0.4, -0.2) is 26.8 Å². The minimum atomic E-state index is -0.180. The van der Waals surface area contributed by atoms with Gasteiger partial charge >= 0.3 is 0 Å². The Hall–Kier alpha value is -1.13.